The minimum Gasteiger partial charge on any atom is -0.395 e. The molecular formula is C15H25NOS. The summed E-state index contributed by atoms with van der Waals surface area (Å²) >= 11 is 1.71. The Labute approximate surface area is 115 Å². The van der Waals surface area contributed by atoms with Gasteiger partial charge in [-0.05, 0) is 18.7 Å². The van der Waals surface area contributed by atoms with Gasteiger partial charge in [0.2, 0.25) is 0 Å². The van der Waals surface area contributed by atoms with Crippen LogP contribution in [0.1, 0.15) is 26.3 Å². The van der Waals surface area contributed by atoms with E-state index in [4.69, 9.17) is 0 Å². The Morgan fingerprint density at radius 2 is 1.89 bits per heavy atom. The lowest BCUT2D eigenvalue weighted by Gasteiger charge is -2.30. The molecular weight excluding hydrogens is 242 g/mol. The maximum atomic E-state index is 9.28. The van der Waals surface area contributed by atoms with E-state index in [0.29, 0.717) is 6.04 Å². The highest BCUT2D eigenvalue weighted by molar-refractivity contribution is 7.99. The number of rotatable bonds is 7. The van der Waals surface area contributed by atoms with Gasteiger partial charge in [-0.15, -0.1) is 0 Å². The zero-order chi connectivity index (χ0) is 13.6. The summed E-state index contributed by atoms with van der Waals surface area (Å²) in [6, 6.07) is 10.9. The molecule has 1 aromatic rings. The van der Waals surface area contributed by atoms with E-state index in [9.17, 15) is 5.11 Å². The molecule has 1 aromatic carbocycles. The van der Waals surface area contributed by atoms with E-state index in [0.717, 1.165) is 6.54 Å². The van der Waals surface area contributed by atoms with Crippen LogP contribution in [-0.4, -0.2) is 35.8 Å². The van der Waals surface area contributed by atoms with Crippen LogP contribution in [0.5, 0.6) is 0 Å². The van der Waals surface area contributed by atoms with E-state index in [1.165, 1.54) is 5.56 Å². The first-order valence-corrected chi connectivity index (χ1v) is 7.72. The largest absolute Gasteiger partial charge is 0.395 e. The van der Waals surface area contributed by atoms with Gasteiger partial charge >= 0.3 is 0 Å². The topological polar surface area (TPSA) is 32.3 Å². The average Bonchev–Trinajstić information content (AvgIpc) is 2.39. The average molecular weight is 267 g/mol. The summed E-state index contributed by atoms with van der Waals surface area (Å²) in [5, 5.41) is 13.1. The first-order valence-electron chi connectivity index (χ1n) is 6.44. The molecule has 0 spiro atoms. The molecule has 0 aliphatic heterocycles. The first kappa shape index (κ1) is 15.5. The Hall–Kier alpha value is -0.510. The van der Waals surface area contributed by atoms with Crippen LogP contribution in [0.15, 0.2) is 30.3 Å². The molecule has 2 atom stereocenters. The summed E-state index contributed by atoms with van der Waals surface area (Å²) in [7, 11) is 0. The van der Waals surface area contributed by atoms with Crippen molar-refractivity contribution in [1.82, 2.24) is 5.32 Å². The fourth-order valence-electron chi connectivity index (χ4n) is 1.98. The number of benzene rings is 1. The Balaban J connectivity index is 2.57. The molecule has 3 heteroatoms. The van der Waals surface area contributed by atoms with Crippen LogP contribution in [0.3, 0.4) is 0 Å². The predicted molar refractivity (Wildman–Crippen MR) is 81.3 cm³/mol. The zero-order valence-corrected chi connectivity index (χ0v) is 12.6. The normalized spacial score (nSPS) is 15.4. The fraction of sp³-hybridized carbons (Fsp3) is 0.600. The van der Waals surface area contributed by atoms with Gasteiger partial charge in [0.05, 0.1) is 6.61 Å². The molecule has 2 nitrogen and oxygen atoms in total. The maximum absolute atomic E-state index is 9.28. The summed E-state index contributed by atoms with van der Waals surface area (Å²) in [4.78, 5) is 0. The predicted octanol–water partition coefficient (Wildman–Crippen LogP) is 2.67. The highest BCUT2D eigenvalue weighted by Gasteiger charge is 2.22. The van der Waals surface area contributed by atoms with Crippen LogP contribution in [-0.2, 0) is 5.41 Å². The van der Waals surface area contributed by atoms with Gasteiger partial charge in [-0.2, -0.15) is 11.8 Å². The molecule has 0 fully saturated rings. The summed E-state index contributed by atoms with van der Waals surface area (Å²) in [6.07, 6.45) is 2.04. The Morgan fingerprint density at radius 3 is 2.39 bits per heavy atom. The number of nitrogens with one attached hydrogen (secondary N) is 1. The van der Waals surface area contributed by atoms with E-state index in [2.05, 4.69) is 50.4 Å². The van der Waals surface area contributed by atoms with Crippen molar-refractivity contribution in [1.29, 1.82) is 0 Å². The molecule has 0 saturated heterocycles. The molecule has 2 unspecified atom stereocenters. The fourth-order valence-corrected chi connectivity index (χ4v) is 2.63. The van der Waals surface area contributed by atoms with Crippen LogP contribution in [0, 0.1) is 0 Å². The summed E-state index contributed by atoms with van der Waals surface area (Å²) in [6.45, 7) is 7.76. The number of hydrogen-bond acceptors (Lipinski definition) is 3. The minimum absolute atomic E-state index is 0.105. The molecule has 0 aromatic heterocycles. The third-order valence-corrected chi connectivity index (χ3v) is 4.62. The molecule has 102 valence electrons. The van der Waals surface area contributed by atoms with E-state index in [1.807, 2.05) is 12.3 Å². The van der Waals surface area contributed by atoms with Crippen molar-refractivity contribution >= 4 is 11.8 Å². The van der Waals surface area contributed by atoms with Crippen molar-refractivity contribution in [3.8, 4) is 0 Å². The first-order chi connectivity index (χ1) is 8.51. The SMILES string of the molecule is CSC(CO)C(C)NCC(C)(C)c1ccccc1. The van der Waals surface area contributed by atoms with Gasteiger partial charge in [-0.3, -0.25) is 0 Å². The van der Waals surface area contributed by atoms with Gasteiger partial charge < -0.3 is 10.4 Å². The lowest BCUT2D eigenvalue weighted by Crippen LogP contribution is -2.43. The molecule has 0 aliphatic carbocycles. The second kappa shape index (κ2) is 7.17. The van der Waals surface area contributed by atoms with Crippen LogP contribution in [0.25, 0.3) is 0 Å². The standard InChI is InChI=1S/C15H25NOS/c1-12(14(10-17)18-4)16-11-15(2,3)13-8-6-5-7-9-13/h5-9,12,14,16-17H,10-11H2,1-4H3. The molecule has 1 rings (SSSR count). The van der Waals surface area contributed by atoms with Crippen LogP contribution in [0.2, 0.25) is 0 Å². The molecule has 0 saturated carbocycles. The summed E-state index contributed by atoms with van der Waals surface area (Å²) in [5.74, 6) is 0. The maximum Gasteiger partial charge on any atom is 0.0564 e. The van der Waals surface area contributed by atoms with Crippen molar-refractivity contribution in [3.05, 3.63) is 35.9 Å². The lowest BCUT2D eigenvalue weighted by atomic mass is 9.84. The molecule has 0 aliphatic rings. The van der Waals surface area contributed by atoms with Crippen LogP contribution < -0.4 is 5.32 Å². The smallest absolute Gasteiger partial charge is 0.0564 e. The molecule has 2 N–H and O–H groups in total. The molecule has 18 heavy (non-hydrogen) atoms. The van der Waals surface area contributed by atoms with Crippen molar-refractivity contribution < 1.29 is 5.11 Å². The van der Waals surface area contributed by atoms with Crippen LogP contribution in [0.4, 0.5) is 0 Å². The van der Waals surface area contributed by atoms with Gasteiger partial charge in [-0.25, -0.2) is 0 Å². The molecule has 0 heterocycles. The third kappa shape index (κ3) is 4.30. The van der Waals surface area contributed by atoms with Crippen molar-refractivity contribution in [2.75, 3.05) is 19.4 Å². The second-order valence-corrected chi connectivity index (χ2v) is 6.45. The van der Waals surface area contributed by atoms with Gasteiger partial charge in [0, 0.05) is 23.3 Å². The number of hydrogen-bond donors (Lipinski definition) is 2. The van der Waals surface area contributed by atoms with E-state index >= 15 is 0 Å². The quantitative estimate of drug-likeness (QED) is 0.796. The van der Waals surface area contributed by atoms with Crippen LogP contribution >= 0.6 is 11.8 Å². The van der Waals surface area contributed by atoms with Crippen molar-refractivity contribution in [2.24, 2.45) is 0 Å². The Kier molecular flexibility index (Phi) is 6.19. The number of aliphatic hydroxyl groups excluding tert-OH is 1. The highest BCUT2D eigenvalue weighted by Crippen LogP contribution is 2.22. The lowest BCUT2D eigenvalue weighted by molar-refractivity contribution is 0.272. The minimum atomic E-state index is 0.105. The molecule has 0 amide bonds. The van der Waals surface area contributed by atoms with Gasteiger partial charge in [0.1, 0.15) is 0 Å². The monoisotopic (exact) mass is 267 g/mol. The Morgan fingerprint density at radius 1 is 1.28 bits per heavy atom. The zero-order valence-electron chi connectivity index (χ0n) is 11.8. The van der Waals surface area contributed by atoms with E-state index in [1.54, 1.807) is 11.8 Å². The van der Waals surface area contributed by atoms with Crippen molar-refractivity contribution in [2.45, 2.75) is 37.5 Å². The van der Waals surface area contributed by atoms with Gasteiger partial charge in [-0.1, -0.05) is 44.2 Å². The Bertz CT molecular complexity index is 336. The highest BCUT2D eigenvalue weighted by atomic mass is 32.2. The number of aliphatic hydroxyl groups is 1. The van der Waals surface area contributed by atoms with Crippen molar-refractivity contribution in [3.63, 3.8) is 0 Å². The molecule has 0 bridgehead atoms. The number of thioether (sulfide) groups is 1. The third-order valence-electron chi connectivity index (χ3n) is 3.46. The van der Waals surface area contributed by atoms with E-state index in [-0.39, 0.29) is 17.3 Å². The van der Waals surface area contributed by atoms with Gasteiger partial charge in [0.15, 0.2) is 0 Å². The van der Waals surface area contributed by atoms with Gasteiger partial charge in [0.25, 0.3) is 0 Å². The second-order valence-electron chi connectivity index (χ2n) is 5.38. The van der Waals surface area contributed by atoms with E-state index < -0.39 is 0 Å². The summed E-state index contributed by atoms with van der Waals surface area (Å²) in [5.41, 5.74) is 1.45. The molecule has 0 radical (unpaired) electrons. The summed E-state index contributed by atoms with van der Waals surface area (Å²) < 4.78 is 0.